The lowest BCUT2D eigenvalue weighted by molar-refractivity contribution is -0.130. The van der Waals surface area contributed by atoms with E-state index in [1.54, 1.807) is 0 Å². The minimum atomic E-state index is -1.13. The fourth-order valence-corrected chi connectivity index (χ4v) is 2.84. The standard InChI is InChI=1S/C12H11ClN2O4S/c13-8-1-7(12(18)19)2-9(3-8)14-10(16)4-15-6-20-5-11(15)17/h1-3H,4-6H2,(H,14,16)(H,18,19). The van der Waals surface area contributed by atoms with E-state index in [0.29, 0.717) is 17.3 Å². The van der Waals surface area contributed by atoms with Crippen LogP contribution in [0.2, 0.25) is 5.02 Å². The highest BCUT2D eigenvalue weighted by molar-refractivity contribution is 8.00. The van der Waals surface area contributed by atoms with Crippen molar-refractivity contribution in [2.45, 2.75) is 0 Å². The van der Waals surface area contributed by atoms with Gasteiger partial charge in [0.05, 0.1) is 17.2 Å². The maximum absolute atomic E-state index is 11.8. The Labute approximate surface area is 124 Å². The van der Waals surface area contributed by atoms with Gasteiger partial charge in [-0.15, -0.1) is 11.8 Å². The summed E-state index contributed by atoms with van der Waals surface area (Å²) in [4.78, 5) is 35.5. The van der Waals surface area contributed by atoms with Gasteiger partial charge in [0.1, 0.15) is 6.54 Å². The van der Waals surface area contributed by atoms with E-state index in [1.165, 1.54) is 34.9 Å². The number of halogens is 1. The van der Waals surface area contributed by atoms with Crippen molar-refractivity contribution in [2.75, 3.05) is 23.5 Å². The van der Waals surface area contributed by atoms with Gasteiger partial charge in [-0.1, -0.05) is 11.6 Å². The van der Waals surface area contributed by atoms with Crippen LogP contribution in [0.3, 0.4) is 0 Å². The molecule has 0 bridgehead atoms. The second-order valence-corrected chi connectivity index (χ2v) is 5.54. The van der Waals surface area contributed by atoms with E-state index in [9.17, 15) is 14.4 Å². The van der Waals surface area contributed by atoms with Crippen LogP contribution < -0.4 is 5.32 Å². The predicted molar refractivity (Wildman–Crippen MR) is 76.1 cm³/mol. The Kier molecular flexibility index (Phi) is 4.51. The van der Waals surface area contributed by atoms with E-state index in [-0.39, 0.29) is 28.9 Å². The normalized spacial score (nSPS) is 14.4. The van der Waals surface area contributed by atoms with Crippen LogP contribution in [0.5, 0.6) is 0 Å². The minimum absolute atomic E-state index is 0.0133. The number of carboxylic acids is 1. The van der Waals surface area contributed by atoms with Gasteiger partial charge in [-0.25, -0.2) is 4.79 Å². The summed E-state index contributed by atoms with van der Waals surface area (Å²) in [6.45, 7) is -0.0548. The number of hydrogen-bond acceptors (Lipinski definition) is 4. The zero-order valence-corrected chi connectivity index (χ0v) is 11.8. The molecule has 1 aliphatic heterocycles. The van der Waals surface area contributed by atoms with Gasteiger partial charge in [0.25, 0.3) is 0 Å². The number of carboxylic acid groups (broad SMARTS) is 1. The first-order valence-electron chi connectivity index (χ1n) is 5.65. The molecule has 2 rings (SSSR count). The molecule has 1 aliphatic rings. The first-order chi connectivity index (χ1) is 9.45. The Bertz CT molecular complexity index is 579. The zero-order chi connectivity index (χ0) is 14.7. The molecule has 0 spiro atoms. The molecule has 1 saturated heterocycles. The first-order valence-corrected chi connectivity index (χ1v) is 7.18. The van der Waals surface area contributed by atoms with Crippen molar-refractivity contribution in [3.8, 4) is 0 Å². The largest absolute Gasteiger partial charge is 0.478 e. The van der Waals surface area contributed by atoms with Crippen molar-refractivity contribution >= 4 is 46.8 Å². The minimum Gasteiger partial charge on any atom is -0.478 e. The van der Waals surface area contributed by atoms with Gasteiger partial charge < -0.3 is 15.3 Å². The lowest BCUT2D eigenvalue weighted by Crippen LogP contribution is -2.34. The third-order valence-electron chi connectivity index (χ3n) is 2.59. The molecule has 2 N–H and O–H groups in total. The lowest BCUT2D eigenvalue weighted by atomic mass is 10.2. The highest BCUT2D eigenvalue weighted by Crippen LogP contribution is 2.20. The van der Waals surface area contributed by atoms with E-state index in [1.807, 2.05) is 0 Å². The Morgan fingerprint density at radius 2 is 2.15 bits per heavy atom. The number of carbonyl (C=O) groups excluding carboxylic acids is 2. The fourth-order valence-electron chi connectivity index (χ4n) is 1.70. The fraction of sp³-hybridized carbons (Fsp3) is 0.250. The molecule has 20 heavy (non-hydrogen) atoms. The van der Waals surface area contributed by atoms with E-state index in [4.69, 9.17) is 16.7 Å². The van der Waals surface area contributed by atoms with Gasteiger partial charge in [0.15, 0.2) is 0 Å². The van der Waals surface area contributed by atoms with Crippen molar-refractivity contribution in [1.82, 2.24) is 4.90 Å². The van der Waals surface area contributed by atoms with Crippen LogP contribution >= 0.6 is 23.4 Å². The molecule has 2 amide bonds. The third-order valence-corrected chi connectivity index (χ3v) is 3.75. The Hall–Kier alpha value is -1.73. The summed E-state index contributed by atoms with van der Waals surface area (Å²) in [5.74, 6) is -0.730. The number of amides is 2. The molecule has 0 radical (unpaired) electrons. The van der Waals surface area contributed by atoms with E-state index in [0.717, 1.165) is 0 Å². The van der Waals surface area contributed by atoms with Gasteiger partial charge in [-0.3, -0.25) is 9.59 Å². The highest BCUT2D eigenvalue weighted by Gasteiger charge is 2.23. The van der Waals surface area contributed by atoms with Crippen LogP contribution in [0.25, 0.3) is 0 Å². The summed E-state index contributed by atoms with van der Waals surface area (Å²) in [6.07, 6.45) is 0. The topological polar surface area (TPSA) is 86.7 Å². The molecular weight excluding hydrogens is 304 g/mol. The van der Waals surface area contributed by atoms with Crippen molar-refractivity contribution < 1.29 is 19.5 Å². The Morgan fingerprint density at radius 1 is 1.40 bits per heavy atom. The van der Waals surface area contributed by atoms with Crippen molar-refractivity contribution in [3.05, 3.63) is 28.8 Å². The summed E-state index contributed by atoms with van der Waals surface area (Å²) in [6, 6.07) is 4.05. The number of nitrogens with one attached hydrogen (secondary N) is 1. The van der Waals surface area contributed by atoms with Crippen LogP contribution in [0.1, 0.15) is 10.4 Å². The molecule has 6 nitrogen and oxygen atoms in total. The first kappa shape index (κ1) is 14.7. The summed E-state index contributed by atoms with van der Waals surface area (Å²) >= 11 is 7.23. The molecule has 0 unspecified atom stereocenters. The number of benzene rings is 1. The van der Waals surface area contributed by atoms with E-state index < -0.39 is 5.97 Å². The smallest absolute Gasteiger partial charge is 0.335 e. The molecule has 0 aliphatic carbocycles. The Morgan fingerprint density at radius 3 is 2.75 bits per heavy atom. The molecule has 1 fully saturated rings. The zero-order valence-electron chi connectivity index (χ0n) is 10.3. The average molecular weight is 315 g/mol. The molecule has 1 heterocycles. The molecule has 1 aromatic rings. The second kappa shape index (κ2) is 6.15. The molecule has 0 atom stereocenters. The van der Waals surface area contributed by atoms with Gasteiger partial charge in [0, 0.05) is 10.7 Å². The van der Waals surface area contributed by atoms with E-state index >= 15 is 0 Å². The SMILES string of the molecule is O=C(CN1CSCC1=O)Nc1cc(Cl)cc(C(=O)O)c1. The van der Waals surface area contributed by atoms with Gasteiger partial charge in [-0.05, 0) is 18.2 Å². The number of carbonyl (C=O) groups is 3. The number of rotatable bonds is 4. The summed E-state index contributed by atoms with van der Waals surface area (Å²) in [5.41, 5.74) is 0.278. The third kappa shape index (κ3) is 3.64. The van der Waals surface area contributed by atoms with Crippen LogP contribution in [-0.2, 0) is 9.59 Å². The van der Waals surface area contributed by atoms with Crippen LogP contribution in [-0.4, -0.2) is 46.0 Å². The maximum Gasteiger partial charge on any atom is 0.335 e. The van der Waals surface area contributed by atoms with Gasteiger partial charge in [0.2, 0.25) is 11.8 Å². The average Bonchev–Trinajstić information content (AvgIpc) is 2.74. The number of thioether (sulfide) groups is 1. The maximum atomic E-state index is 11.8. The molecule has 0 saturated carbocycles. The molecule has 8 heteroatoms. The van der Waals surface area contributed by atoms with Gasteiger partial charge >= 0.3 is 5.97 Å². The van der Waals surface area contributed by atoms with Crippen molar-refractivity contribution in [3.63, 3.8) is 0 Å². The number of hydrogen-bond donors (Lipinski definition) is 2. The molecular formula is C12H11ClN2O4S. The van der Waals surface area contributed by atoms with Gasteiger partial charge in [-0.2, -0.15) is 0 Å². The summed E-state index contributed by atoms with van der Waals surface area (Å²) in [5, 5.41) is 11.7. The van der Waals surface area contributed by atoms with Crippen molar-refractivity contribution in [1.29, 1.82) is 0 Å². The predicted octanol–water partition coefficient (Wildman–Crippen LogP) is 1.51. The monoisotopic (exact) mass is 314 g/mol. The van der Waals surface area contributed by atoms with Crippen LogP contribution in [0.4, 0.5) is 5.69 Å². The number of anilines is 1. The second-order valence-electron chi connectivity index (χ2n) is 4.15. The van der Waals surface area contributed by atoms with Crippen LogP contribution in [0.15, 0.2) is 18.2 Å². The number of aromatic carboxylic acids is 1. The van der Waals surface area contributed by atoms with E-state index in [2.05, 4.69) is 5.32 Å². The quantitative estimate of drug-likeness (QED) is 0.879. The van der Waals surface area contributed by atoms with Crippen molar-refractivity contribution in [2.24, 2.45) is 0 Å². The lowest BCUT2D eigenvalue weighted by Gasteiger charge is -2.14. The highest BCUT2D eigenvalue weighted by atomic mass is 35.5. The summed E-state index contributed by atoms with van der Waals surface area (Å²) in [7, 11) is 0. The molecule has 0 aromatic heterocycles. The van der Waals surface area contributed by atoms with Crippen LogP contribution in [0, 0.1) is 0 Å². The summed E-state index contributed by atoms with van der Waals surface area (Å²) < 4.78 is 0. The molecule has 106 valence electrons. The number of nitrogens with zero attached hydrogens (tertiary/aromatic N) is 1. The molecule has 1 aromatic carbocycles. The Balaban J connectivity index is 2.04.